The molecule has 0 aliphatic carbocycles. The molecule has 0 spiro atoms. The second kappa shape index (κ2) is 6.01. The SMILES string of the molecule is CC(C)CN=CN1CCCCCC1. The van der Waals surface area contributed by atoms with Crippen molar-refractivity contribution < 1.29 is 0 Å². The Hall–Kier alpha value is -0.530. The van der Waals surface area contributed by atoms with Crippen molar-refractivity contribution in [2.45, 2.75) is 39.5 Å². The van der Waals surface area contributed by atoms with Crippen LogP contribution in [0.25, 0.3) is 0 Å². The fourth-order valence-electron chi connectivity index (χ4n) is 1.58. The molecule has 1 aliphatic rings. The molecule has 0 radical (unpaired) electrons. The van der Waals surface area contributed by atoms with Crippen LogP contribution in [-0.4, -0.2) is 30.9 Å². The summed E-state index contributed by atoms with van der Waals surface area (Å²) < 4.78 is 0. The van der Waals surface area contributed by atoms with E-state index >= 15 is 0 Å². The van der Waals surface area contributed by atoms with Crippen LogP contribution in [0.5, 0.6) is 0 Å². The van der Waals surface area contributed by atoms with Crippen LogP contribution in [0.4, 0.5) is 0 Å². The summed E-state index contributed by atoms with van der Waals surface area (Å²) in [6.45, 7) is 7.80. The van der Waals surface area contributed by atoms with Gasteiger partial charge in [0.1, 0.15) is 0 Å². The third kappa shape index (κ3) is 4.91. The highest BCUT2D eigenvalue weighted by Gasteiger charge is 2.04. The van der Waals surface area contributed by atoms with Crippen LogP contribution in [0.2, 0.25) is 0 Å². The normalized spacial score (nSPS) is 19.8. The van der Waals surface area contributed by atoms with Gasteiger partial charge in [-0.15, -0.1) is 0 Å². The topological polar surface area (TPSA) is 15.6 Å². The number of aliphatic imine (C=N–C) groups is 1. The molecule has 0 atom stereocenters. The average Bonchev–Trinajstić information content (AvgIpc) is 2.32. The summed E-state index contributed by atoms with van der Waals surface area (Å²) in [6.07, 6.45) is 7.54. The molecule has 1 fully saturated rings. The number of hydrogen-bond donors (Lipinski definition) is 0. The van der Waals surface area contributed by atoms with Gasteiger partial charge in [-0.2, -0.15) is 0 Å². The van der Waals surface area contributed by atoms with Gasteiger partial charge in [-0.1, -0.05) is 26.7 Å². The number of rotatable bonds is 3. The summed E-state index contributed by atoms with van der Waals surface area (Å²) in [5.41, 5.74) is 0. The maximum absolute atomic E-state index is 4.44. The Bertz CT molecular complexity index is 144. The summed E-state index contributed by atoms with van der Waals surface area (Å²) >= 11 is 0. The van der Waals surface area contributed by atoms with Crippen LogP contribution in [0.3, 0.4) is 0 Å². The number of likely N-dealkylation sites (tertiary alicyclic amines) is 1. The Labute approximate surface area is 82.0 Å². The van der Waals surface area contributed by atoms with Crippen molar-refractivity contribution in [1.82, 2.24) is 4.90 Å². The van der Waals surface area contributed by atoms with E-state index in [1.165, 1.54) is 38.8 Å². The van der Waals surface area contributed by atoms with Crippen molar-refractivity contribution in [3.8, 4) is 0 Å². The van der Waals surface area contributed by atoms with E-state index in [4.69, 9.17) is 0 Å². The second-order valence-corrected chi connectivity index (χ2v) is 4.32. The van der Waals surface area contributed by atoms with E-state index in [0.29, 0.717) is 5.92 Å². The van der Waals surface area contributed by atoms with Crippen molar-refractivity contribution in [2.75, 3.05) is 19.6 Å². The Kier molecular flexibility index (Phi) is 4.87. The zero-order chi connectivity index (χ0) is 9.52. The standard InChI is InChI=1S/C11H22N2/c1-11(2)9-12-10-13-7-5-3-4-6-8-13/h10-11H,3-9H2,1-2H3. The molecule has 0 aromatic rings. The van der Waals surface area contributed by atoms with E-state index in [2.05, 4.69) is 30.1 Å². The van der Waals surface area contributed by atoms with Gasteiger partial charge in [0.2, 0.25) is 0 Å². The van der Waals surface area contributed by atoms with Gasteiger partial charge in [0.05, 0.1) is 6.34 Å². The van der Waals surface area contributed by atoms with Crippen LogP contribution >= 0.6 is 0 Å². The molecule has 0 unspecified atom stereocenters. The van der Waals surface area contributed by atoms with Gasteiger partial charge in [-0.05, 0) is 18.8 Å². The molecule has 0 aromatic heterocycles. The molecular formula is C11H22N2. The lowest BCUT2D eigenvalue weighted by Gasteiger charge is -2.15. The first-order chi connectivity index (χ1) is 6.29. The number of hydrogen-bond acceptors (Lipinski definition) is 1. The van der Waals surface area contributed by atoms with Gasteiger partial charge >= 0.3 is 0 Å². The van der Waals surface area contributed by atoms with Crippen molar-refractivity contribution in [2.24, 2.45) is 10.9 Å². The summed E-state index contributed by atoms with van der Waals surface area (Å²) in [4.78, 5) is 6.81. The molecule has 1 rings (SSSR count). The van der Waals surface area contributed by atoms with E-state index in [-0.39, 0.29) is 0 Å². The minimum absolute atomic E-state index is 0.684. The van der Waals surface area contributed by atoms with Gasteiger partial charge in [0.15, 0.2) is 0 Å². The molecule has 1 saturated heterocycles. The number of nitrogens with zero attached hydrogens (tertiary/aromatic N) is 2. The second-order valence-electron chi connectivity index (χ2n) is 4.32. The lowest BCUT2D eigenvalue weighted by Crippen LogP contribution is -2.22. The Morgan fingerprint density at radius 3 is 2.31 bits per heavy atom. The third-order valence-corrected chi connectivity index (χ3v) is 2.36. The van der Waals surface area contributed by atoms with Gasteiger partial charge in [-0.3, -0.25) is 4.99 Å². The van der Waals surface area contributed by atoms with Crippen LogP contribution in [0, 0.1) is 5.92 Å². The first-order valence-electron chi connectivity index (χ1n) is 5.53. The van der Waals surface area contributed by atoms with Crippen LogP contribution in [0.15, 0.2) is 4.99 Å². The Morgan fingerprint density at radius 2 is 1.77 bits per heavy atom. The van der Waals surface area contributed by atoms with E-state index in [9.17, 15) is 0 Å². The zero-order valence-corrected chi connectivity index (χ0v) is 9.00. The molecule has 76 valence electrons. The smallest absolute Gasteiger partial charge is 0.0849 e. The quantitative estimate of drug-likeness (QED) is 0.484. The monoisotopic (exact) mass is 182 g/mol. The molecule has 13 heavy (non-hydrogen) atoms. The van der Waals surface area contributed by atoms with E-state index in [0.717, 1.165) is 6.54 Å². The van der Waals surface area contributed by atoms with Gasteiger partial charge in [0, 0.05) is 19.6 Å². The molecule has 1 aliphatic heterocycles. The van der Waals surface area contributed by atoms with Gasteiger partial charge in [0.25, 0.3) is 0 Å². The third-order valence-electron chi connectivity index (χ3n) is 2.36. The summed E-state index contributed by atoms with van der Waals surface area (Å²) in [5.74, 6) is 0.684. The molecule has 1 heterocycles. The maximum Gasteiger partial charge on any atom is 0.0849 e. The highest BCUT2D eigenvalue weighted by atomic mass is 15.1. The first-order valence-corrected chi connectivity index (χ1v) is 5.53. The van der Waals surface area contributed by atoms with Gasteiger partial charge < -0.3 is 4.90 Å². The zero-order valence-electron chi connectivity index (χ0n) is 9.00. The highest BCUT2D eigenvalue weighted by molar-refractivity contribution is 5.54. The Morgan fingerprint density at radius 1 is 1.15 bits per heavy atom. The largest absolute Gasteiger partial charge is 0.363 e. The molecular weight excluding hydrogens is 160 g/mol. The van der Waals surface area contributed by atoms with E-state index in [1.54, 1.807) is 0 Å². The lowest BCUT2D eigenvalue weighted by atomic mass is 10.2. The first kappa shape index (κ1) is 10.6. The minimum atomic E-state index is 0.684. The van der Waals surface area contributed by atoms with Crippen LogP contribution < -0.4 is 0 Å². The van der Waals surface area contributed by atoms with Crippen molar-refractivity contribution in [1.29, 1.82) is 0 Å². The maximum atomic E-state index is 4.44. The predicted molar refractivity (Wildman–Crippen MR) is 58.2 cm³/mol. The predicted octanol–water partition coefficient (Wildman–Crippen LogP) is 2.55. The molecule has 0 amide bonds. The van der Waals surface area contributed by atoms with Crippen molar-refractivity contribution >= 4 is 6.34 Å². The summed E-state index contributed by atoms with van der Waals surface area (Å²) in [7, 11) is 0. The molecule has 0 saturated carbocycles. The Balaban J connectivity index is 2.21. The molecule has 0 bridgehead atoms. The summed E-state index contributed by atoms with van der Waals surface area (Å²) in [6, 6.07) is 0. The van der Waals surface area contributed by atoms with Crippen molar-refractivity contribution in [3.63, 3.8) is 0 Å². The molecule has 2 nitrogen and oxygen atoms in total. The van der Waals surface area contributed by atoms with E-state index < -0.39 is 0 Å². The van der Waals surface area contributed by atoms with Crippen molar-refractivity contribution in [3.05, 3.63) is 0 Å². The summed E-state index contributed by atoms with van der Waals surface area (Å²) in [5, 5.41) is 0. The molecule has 0 aromatic carbocycles. The average molecular weight is 182 g/mol. The van der Waals surface area contributed by atoms with E-state index in [1.807, 2.05) is 0 Å². The fraction of sp³-hybridized carbons (Fsp3) is 0.909. The highest BCUT2D eigenvalue weighted by Crippen LogP contribution is 2.07. The lowest BCUT2D eigenvalue weighted by molar-refractivity contribution is 0.445. The molecule has 0 N–H and O–H groups in total. The van der Waals surface area contributed by atoms with Crippen LogP contribution in [0.1, 0.15) is 39.5 Å². The van der Waals surface area contributed by atoms with Gasteiger partial charge in [-0.25, -0.2) is 0 Å². The fourth-order valence-corrected chi connectivity index (χ4v) is 1.58. The van der Waals surface area contributed by atoms with Crippen LogP contribution in [-0.2, 0) is 0 Å². The molecule has 2 heteroatoms. The minimum Gasteiger partial charge on any atom is -0.363 e.